The van der Waals surface area contributed by atoms with Gasteiger partial charge in [-0.2, -0.15) is 0 Å². The fraction of sp³-hybridized carbons (Fsp3) is 0.500. The second-order valence-corrected chi connectivity index (χ2v) is 13.2. The fourth-order valence-corrected chi connectivity index (χ4v) is 8.56. The lowest BCUT2D eigenvalue weighted by Gasteiger charge is -2.63. The third-order valence-electron chi connectivity index (χ3n) is 9.55. The van der Waals surface area contributed by atoms with E-state index >= 15 is 0 Å². The lowest BCUT2D eigenvalue weighted by molar-refractivity contribution is -0.198. The molecule has 11 heteroatoms. The molecular formula is C28H30N2O8S. The van der Waals surface area contributed by atoms with Gasteiger partial charge in [0.2, 0.25) is 5.91 Å². The van der Waals surface area contributed by atoms with Crippen LogP contribution in [0.1, 0.15) is 36.8 Å². The molecule has 39 heavy (non-hydrogen) atoms. The van der Waals surface area contributed by atoms with Gasteiger partial charge < -0.3 is 19.7 Å². The summed E-state index contributed by atoms with van der Waals surface area (Å²) in [7, 11) is -2.84. The van der Waals surface area contributed by atoms with Crippen LogP contribution in [0.5, 0.6) is 17.2 Å². The topological polar surface area (TPSA) is 142 Å². The maximum Gasteiger partial charge on any atom is 0.264 e. The van der Waals surface area contributed by atoms with Crippen LogP contribution in [-0.4, -0.2) is 73.2 Å². The number of hydrogen-bond acceptors (Lipinski definition) is 9. The first-order valence-corrected chi connectivity index (χ1v) is 14.8. The lowest BCUT2D eigenvalue weighted by Crippen LogP contribution is -2.78. The van der Waals surface area contributed by atoms with Crippen LogP contribution in [0.2, 0.25) is 0 Å². The van der Waals surface area contributed by atoms with Gasteiger partial charge in [0.15, 0.2) is 23.4 Å². The Morgan fingerprint density at radius 2 is 1.95 bits per heavy atom. The Bertz CT molecular complexity index is 1500. The number of ketones is 1. The number of aromatic hydroxyl groups is 1. The van der Waals surface area contributed by atoms with Crippen LogP contribution >= 0.6 is 0 Å². The zero-order valence-corrected chi connectivity index (χ0v) is 22.2. The van der Waals surface area contributed by atoms with Crippen molar-refractivity contribution >= 4 is 21.7 Å². The van der Waals surface area contributed by atoms with Gasteiger partial charge in [0, 0.05) is 18.2 Å². The van der Waals surface area contributed by atoms with E-state index in [4.69, 9.17) is 9.47 Å². The molecule has 1 spiro atoms. The number of benzene rings is 2. The smallest absolute Gasteiger partial charge is 0.264 e. The number of phenols is 1. The van der Waals surface area contributed by atoms with Gasteiger partial charge in [0.25, 0.3) is 10.0 Å². The molecule has 2 aromatic rings. The molecule has 10 nitrogen and oxygen atoms in total. The Morgan fingerprint density at radius 1 is 1.21 bits per heavy atom. The predicted octanol–water partition coefficient (Wildman–Crippen LogP) is 1.27. The first kappa shape index (κ1) is 24.9. The summed E-state index contributed by atoms with van der Waals surface area (Å²) < 4.78 is 39.3. The number of phenolic OH excluding ortho intramolecular Hbond substituents is 1. The summed E-state index contributed by atoms with van der Waals surface area (Å²) in [6, 6.07) is 8.54. The van der Waals surface area contributed by atoms with E-state index in [1.807, 2.05) is 6.07 Å². The van der Waals surface area contributed by atoms with Crippen molar-refractivity contribution in [3.63, 3.8) is 0 Å². The van der Waals surface area contributed by atoms with Crippen molar-refractivity contribution < 1.29 is 37.7 Å². The average Bonchev–Trinajstić information content (AvgIpc) is 3.65. The van der Waals surface area contributed by atoms with E-state index in [2.05, 4.69) is 9.62 Å². The minimum Gasteiger partial charge on any atom is -0.504 e. The quantitative estimate of drug-likeness (QED) is 0.450. The second kappa shape index (κ2) is 8.18. The van der Waals surface area contributed by atoms with Crippen molar-refractivity contribution in [3.05, 3.63) is 47.5 Å². The van der Waals surface area contributed by atoms with Crippen LogP contribution in [-0.2, 0) is 31.4 Å². The molecule has 1 amide bonds. The summed E-state index contributed by atoms with van der Waals surface area (Å²) in [5.41, 5.74) is -1.05. The van der Waals surface area contributed by atoms with Gasteiger partial charge in [0.05, 0.1) is 23.0 Å². The summed E-state index contributed by atoms with van der Waals surface area (Å²) in [5.74, 6) is -1.94. The normalized spacial score (nSPS) is 32.8. The molecule has 2 bridgehead atoms. The summed E-state index contributed by atoms with van der Waals surface area (Å²) >= 11 is 0. The van der Waals surface area contributed by atoms with E-state index in [0.717, 1.165) is 24.9 Å². The largest absolute Gasteiger partial charge is 0.504 e. The minimum atomic E-state index is -4.29. The molecule has 5 atom stereocenters. The van der Waals surface area contributed by atoms with Gasteiger partial charge in [-0.05, 0) is 80.5 Å². The zero-order valence-electron chi connectivity index (χ0n) is 21.4. The second-order valence-electron chi connectivity index (χ2n) is 11.6. The number of ether oxygens (including phenoxy) is 2. The molecule has 206 valence electrons. The Labute approximate surface area is 226 Å². The number of nitrogens with one attached hydrogen (secondary N) is 1. The lowest BCUT2D eigenvalue weighted by atomic mass is 9.47. The van der Waals surface area contributed by atoms with E-state index in [-0.39, 0.29) is 28.9 Å². The number of hydrogen-bond donors (Lipinski definition) is 3. The number of piperidine rings is 1. The molecule has 1 unspecified atom stereocenters. The standard InChI is InChI=1S/C28H30N2O8S/c1-37-17-5-7-18(8-6-17)39(35,36)29-26(33)19-13-28(34)21-12-16-4-9-20(31)24-22(16)27(28,25(38-24)23(19)32)10-11-30(21)14-15-2-3-15/h4-9,15,19,21,25,31,34H,2-3,10-14H2,1H3,(H,29,33)/t19?,21-,25+,27+,28-/m1/s1. The monoisotopic (exact) mass is 554 g/mol. The average molecular weight is 555 g/mol. The van der Waals surface area contributed by atoms with Crippen LogP contribution < -0.4 is 14.2 Å². The van der Waals surface area contributed by atoms with Gasteiger partial charge in [-0.25, -0.2) is 13.1 Å². The highest BCUT2D eigenvalue weighted by atomic mass is 32.2. The molecule has 1 saturated heterocycles. The van der Waals surface area contributed by atoms with Gasteiger partial charge in [0.1, 0.15) is 11.7 Å². The zero-order chi connectivity index (χ0) is 27.3. The Kier molecular flexibility index (Phi) is 5.22. The summed E-state index contributed by atoms with van der Waals surface area (Å²) in [6.07, 6.45) is 1.76. The van der Waals surface area contributed by atoms with Crippen LogP contribution in [0.4, 0.5) is 0 Å². The number of sulfonamides is 1. The molecule has 2 aromatic carbocycles. The molecule has 0 radical (unpaired) electrons. The minimum absolute atomic E-state index is 0.116. The molecule has 5 aliphatic rings. The van der Waals surface area contributed by atoms with Crippen molar-refractivity contribution in [2.75, 3.05) is 20.2 Å². The number of Topliss-reactive ketones (excluding diaryl/α,β-unsaturated/α-hetero) is 1. The Balaban J connectivity index is 1.27. The van der Waals surface area contributed by atoms with Crippen LogP contribution in [0.25, 0.3) is 0 Å². The molecule has 2 heterocycles. The van der Waals surface area contributed by atoms with Crippen molar-refractivity contribution in [2.45, 2.75) is 60.2 Å². The van der Waals surface area contributed by atoms with E-state index in [1.165, 1.54) is 31.4 Å². The predicted molar refractivity (Wildman–Crippen MR) is 137 cm³/mol. The number of rotatable bonds is 6. The van der Waals surface area contributed by atoms with Crippen molar-refractivity contribution in [1.29, 1.82) is 0 Å². The number of nitrogens with zero attached hydrogens (tertiary/aromatic N) is 1. The molecular weight excluding hydrogens is 524 g/mol. The maximum absolute atomic E-state index is 13.9. The summed E-state index contributed by atoms with van der Waals surface area (Å²) in [4.78, 5) is 29.5. The highest BCUT2D eigenvalue weighted by Gasteiger charge is 2.75. The van der Waals surface area contributed by atoms with Crippen LogP contribution in [0.15, 0.2) is 41.3 Å². The first-order valence-electron chi connectivity index (χ1n) is 13.3. The summed E-state index contributed by atoms with van der Waals surface area (Å²) in [6.45, 7) is 1.49. The summed E-state index contributed by atoms with van der Waals surface area (Å²) in [5, 5.41) is 23.3. The van der Waals surface area contributed by atoms with E-state index < -0.39 is 44.8 Å². The molecule has 3 aliphatic carbocycles. The first-order chi connectivity index (χ1) is 18.6. The molecule has 2 saturated carbocycles. The molecule has 3 N–H and O–H groups in total. The number of aliphatic hydroxyl groups is 1. The van der Waals surface area contributed by atoms with Crippen molar-refractivity contribution in [2.24, 2.45) is 11.8 Å². The van der Waals surface area contributed by atoms with E-state index in [1.54, 1.807) is 6.07 Å². The molecule has 0 aromatic heterocycles. The molecule has 2 aliphatic heterocycles. The van der Waals surface area contributed by atoms with Crippen molar-refractivity contribution in [3.8, 4) is 17.2 Å². The van der Waals surface area contributed by atoms with Crippen molar-refractivity contribution in [1.82, 2.24) is 9.62 Å². The third-order valence-corrected chi connectivity index (χ3v) is 10.9. The van der Waals surface area contributed by atoms with Gasteiger partial charge in [-0.15, -0.1) is 0 Å². The van der Waals surface area contributed by atoms with Gasteiger partial charge >= 0.3 is 0 Å². The highest BCUT2D eigenvalue weighted by molar-refractivity contribution is 7.90. The Hall–Kier alpha value is -3.15. The van der Waals surface area contributed by atoms with Crippen LogP contribution in [0, 0.1) is 11.8 Å². The number of methoxy groups -OCH3 is 1. The number of amides is 1. The fourth-order valence-electron chi connectivity index (χ4n) is 7.54. The number of carbonyl (C=O) groups is 2. The number of likely N-dealkylation sites (tertiary alicyclic amines) is 1. The third kappa shape index (κ3) is 3.36. The van der Waals surface area contributed by atoms with Gasteiger partial charge in [-0.1, -0.05) is 6.07 Å². The van der Waals surface area contributed by atoms with Gasteiger partial charge in [-0.3, -0.25) is 14.5 Å². The van der Waals surface area contributed by atoms with Crippen LogP contribution in [0.3, 0.4) is 0 Å². The molecule has 3 fully saturated rings. The highest BCUT2D eigenvalue weighted by Crippen LogP contribution is 2.65. The number of carbonyl (C=O) groups excluding carboxylic acids is 2. The van der Waals surface area contributed by atoms with E-state index in [0.29, 0.717) is 36.6 Å². The molecule has 7 rings (SSSR count). The van der Waals surface area contributed by atoms with E-state index in [9.17, 15) is 28.2 Å². The SMILES string of the molecule is COc1ccc(S(=O)(=O)NC(=O)C2C[C@@]3(O)[C@H]4Cc5ccc(O)c6c5[C@@]3(CCN4CC3CC3)[C@@H](O6)C2=O)cc1. The Morgan fingerprint density at radius 3 is 2.64 bits per heavy atom. The maximum atomic E-state index is 13.9.